The fourth-order valence-corrected chi connectivity index (χ4v) is 2.26. The molecule has 1 aliphatic heterocycles. The first-order chi connectivity index (χ1) is 5.65. The fraction of sp³-hybridized carbons (Fsp3) is 0.667. The summed E-state index contributed by atoms with van der Waals surface area (Å²) >= 11 is 0. The molecule has 0 atom stereocenters. The second-order valence-electron chi connectivity index (χ2n) is 3.91. The predicted octanol–water partition coefficient (Wildman–Crippen LogP) is 1.01. The van der Waals surface area contributed by atoms with Crippen LogP contribution >= 0.6 is 0 Å². The average molecular weight is 165 g/mol. The summed E-state index contributed by atoms with van der Waals surface area (Å²) in [5.41, 5.74) is 0.273. The van der Waals surface area contributed by atoms with Gasteiger partial charge >= 0.3 is 6.09 Å². The molecule has 1 heterocycles. The molecule has 1 amide bonds. The highest BCUT2D eigenvalue weighted by atomic mass is 16.4. The van der Waals surface area contributed by atoms with Crippen LogP contribution in [0.4, 0.5) is 4.79 Å². The Morgan fingerprint density at radius 3 is 2.58 bits per heavy atom. The van der Waals surface area contributed by atoms with Gasteiger partial charge in [0.2, 0.25) is 0 Å². The van der Waals surface area contributed by atoms with Crippen LogP contribution in [0.25, 0.3) is 0 Å². The van der Waals surface area contributed by atoms with Crippen LogP contribution in [-0.4, -0.2) is 29.2 Å². The van der Waals surface area contributed by atoms with Crippen molar-refractivity contribution in [2.24, 2.45) is 11.3 Å². The van der Waals surface area contributed by atoms with Gasteiger partial charge in [-0.1, -0.05) is 0 Å². The minimum atomic E-state index is -0.801. The first-order valence-electron chi connectivity index (χ1n) is 4.09. The van der Waals surface area contributed by atoms with Crippen LogP contribution in [0.1, 0.15) is 12.8 Å². The quantitative estimate of drug-likeness (QED) is 0.544. The maximum atomic E-state index is 10.4. The number of carboxylic acid groups (broad SMARTS) is 1. The van der Waals surface area contributed by atoms with Crippen molar-refractivity contribution in [3.05, 3.63) is 0 Å². The topological polar surface area (TPSA) is 40.5 Å². The Balaban J connectivity index is 1.84. The predicted molar refractivity (Wildman–Crippen MR) is 43.6 cm³/mol. The van der Waals surface area contributed by atoms with Crippen LogP contribution in [0.5, 0.6) is 0 Å². The average Bonchev–Trinajstić information content (AvgIpc) is 1.81. The van der Waals surface area contributed by atoms with E-state index in [1.165, 1.54) is 4.90 Å². The summed E-state index contributed by atoms with van der Waals surface area (Å²) in [5, 5.41) is 8.59. The standard InChI is InChI=1S/C9H11NO2/c1-2-7-3-9(4-7)5-10(6-9)8(11)12/h1,7H,3-6H2,(H,11,12). The molecule has 0 aromatic rings. The monoisotopic (exact) mass is 165 g/mol. The van der Waals surface area contributed by atoms with Crippen molar-refractivity contribution in [1.29, 1.82) is 0 Å². The molecule has 0 bridgehead atoms. The first kappa shape index (κ1) is 7.48. The van der Waals surface area contributed by atoms with Crippen molar-refractivity contribution in [1.82, 2.24) is 4.90 Å². The zero-order valence-corrected chi connectivity index (χ0v) is 6.79. The van der Waals surface area contributed by atoms with Crippen molar-refractivity contribution in [2.75, 3.05) is 13.1 Å². The van der Waals surface area contributed by atoms with E-state index in [9.17, 15) is 4.79 Å². The summed E-state index contributed by atoms with van der Waals surface area (Å²) in [7, 11) is 0. The molecule has 1 spiro atoms. The van der Waals surface area contributed by atoms with Crippen molar-refractivity contribution in [2.45, 2.75) is 12.8 Å². The van der Waals surface area contributed by atoms with Gasteiger partial charge in [-0.25, -0.2) is 4.79 Å². The molecule has 2 aliphatic rings. The van der Waals surface area contributed by atoms with Crippen LogP contribution < -0.4 is 0 Å². The van der Waals surface area contributed by atoms with Crippen LogP contribution in [0.3, 0.4) is 0 Å². The molecule has 1 aliphatic carbocycles. The van der Waals surface area contributed by atoms with Crippen molar-refractivity contribution >= 4 is 6.09 Å². The number of nitrogens with zero attached hydrogens (tertiary/aromatic N) is 1. The number of likely N-dealkylation sites (tertiary alicyclic amines) is 1. The SMILES string of the molecule is C#CC1CC2(C1)CN(C(=O)O)C2. The molecule has 2 fully saturated rings. The van der Waals surface area contributed by atoms with E-state index >= 15 is 0 Å². The Labute approximate surface area is 71.4 Å². The Morgan fingerprint density at radius 2 is 2.17 bits per heavy atom. The largest absolute Gasteiger partial charge is 0.465 e. The molecular formula is C9H11NO2. The highest BCUT2D eigenvalue weighted by Crippen LogP contribution is 2.51. The molecule has 3 heteroatoms. The maximum Gasteiger partial charge on any atom is 0.407 e. The van der Waals surface area contributed by atoms with E-state index < -0.39 is 6.09 Å². The Bertz CT molecular complexity index is 252. The van der Waals surface area contributed by atoms with Gasteiger partial charge in [0, 0.05) is 24.4 Å². The van der Waals surface area contributed by atoms with E-state index in [1.54, 1.807) is 0 Å². The van der Waals surface area contributed by atoms with Gasteiger partial charge in [-0.2, -0.15) is 0 Å². The third-order valence-electron chi connectivity index (χ3n) is 2.92. The third kappa shape index (κ3) is 0.878. The van der Waals surface area contributed by atoms with Gasteiger partial charge < -0.3 is 10.0 Å². The van der Waals surface area contributed by atoms with Crippen LogP contribution in [0.2, 0.25) is 0 Å². The van der Waals surface area contributed by atoms with Gasteiger partial charge in [-0.15, -0.1) is 12.3 Å². The lowest BCUT2D eigenvalue weighted by atomic mass is 9.58. The van der Waals surface area contributed by atoms with Crippen molar-refractivity contribution < 1.29 is 9.90 Å². The first-order valence-corrected chi connectivity index (χ1v) is 4.09. The van der Waals surface area contributed by atoms with Gasteiger partial charge in [0.15, 0.2) is 0 Å². The van der Waals surface area contributed by atoms with Crippen LogP contribution in [0.15, 0.2) is 0 Å². The van der Waals surface area contributed by atoms with E-state index in [-0.39, 0.29) is 5.41 Å². The zero-order chi connectivity index (χ0) is 8.77. The molecule has 0 aromatic heterocycles. The highest BCUT2D eigenvalue weighted by molar-refractivity contribution is 5.66. The number of rotatable bonds is 0. The summed E-state index contributed by atoms with van der Waals surface area (Å²) in [4.78, 5) is 11.9. The Kier molecular flexibility index (Phi) is 1.35. The number of hydrogen-bond donors (Lipinski definition) is 1. The van der Waals surface area contributed by atoms with E-state index in [1.807, 2.05) is 0 Å². The smallest absolute Gasteiger partial charge is 0.407 e. The normalized spacial score (nSPS) is 25.8. The molecular weight excluding hydrogens is 154 g/mol. The Hall–Kier alpha value is -1.17. The summed E-state index contributed by atoms with van der Waals surface area (Å²) in [6, 6.07) is 0. The number of carbonyl (C=O) groups is 1. The third-order valence-corrected chi connectivity index (χ3v) is 2.92. The highest BCUT2D eigenvalue weighted by Gasteiger charge is 2.53. The lowest BCUT2D eigenvalue weighted by Crippen LogP contribution is -2.63. The molecule has 64 valence electrons. The minimum Gasteiger partial charge on any atom is -0.465 e. The van der Waals surface area contributed by atoms with Crippen molar-refractivity contribution in [3.8, 4) is 12.3 Å². The molecule has 0 radical (unpaired) electrons. The molecule has 1 N–H and O–H groups in total. The molecule has 3 nitrogen and oxygen atoms in total. The molecule has 2 rings (SSSR count). The van der Waals surface area contributed by atoms with Gasteiger partial charge in [0.1, 0.15) is 0 Å². The lowest BCUT2D eigenvalue weighted by molar-refractivity contribution is -0.0644. The van der Waals surface area contributed by atoms with Crippen LogP contribution in [-0.2, 0) is 0 Å². The summed E-state index contributed by atoms with van der Waals surface area (Å²) in [6.45, 7) is 1.39. The van der Waals surface area contributed by atoms with Crippen LogP contribution in [0, 0.1) is 23.7 Å². The summed E-state index contributed by atoms with van der Waals surface area (Å²) in [5.74, 6) is 3.11. The Morgan fingerprint density at radius 1 is 1.58 bits per heavy atom. The second kappa shape index (κ2) is 2.16. The van der Waals surface area contributed by atoms with E-state index in [0.717, 1.165) is 12.8 Å². The number of terminal acetylenes is 1. The lowest BCUT2D eigenvalue weighted by Gasteiger charge is -2.57. The fourth-order valence-electron chi connectivity index (χ4n) is 2.26. The maximum absolute atomic E-state index is 10.4. The van der Waals surface area contributed by atoms with Gasteiger partial charge in [0.05, 0.1) is 0 Å². The summed E-state index contributed by atoms with van der Waals surface area (Å²) < 4.78 is 0. The van der Waals surface area contributed by atoms with Crippen molar-refractivity contribution in [3.63, 3.8) is 0 Å². The molecule has 0 aromatic carbocycles. The molecule has 1 saturated heterocycles. The van der Waals surface area contributed by atoms with E-state index in [0.29, 0.717) is 19.0 Å². The van der Waals surface area contributed by atoms with Gasteiger partial charge in [0.25, 0.3) is 0 Å². The number of amides is 1. The van der Waals surface area contributed by atoms with Gasteiger partial charge in [-0.3, -0.25) is 0 Å². The second-order valence-corrected chi connectivity index (χ2v) is 3.91. The minimum absolute atomic E-state index is 0.273. The molecule has 0 unspecified atom stereocenters. The van der Waals surface area contributed by atoms with E-state index in [2.05, 4.69) is 5.92 Å². The zero-order valence-electron chi connectivity index (χ0n) is 6.79. The molecule has 1 saturated carbocycles. The summed E-state index contributed by atoms with van der Waals surface area (Å²) in [6.07, 6.45) is 6.49. The van der Waals surface area contributed by atoms with Gasteiger partial charge in [-0.05, 0) is 12.8 Å². The van der Waals surface area contributed by atoms with E-state index in [4.69, 9.17) is 11.5 Å². The molecule has 12 heavy (non-hydrogen) atoms. The number of hydrogen-bond acceptors (Lipinski definition) is 1.